The van der Waals surface area contributed by atoms with Crippen molar-refractivity contribution in [2.45, 2.75) is 77.0 Å². The maximum Gasteiger partial charge on any atom is 0.323 e. The van der Waals surface area contributed by atoms with Gasteiger partial charge in [0.2, 0.25) is 0 Å². The SMILES string of the molecule is CC1(C)C(=CC=C2C=C([N+](=O)[O-])C=C([N+](=O)[O-])C2=O)N(CCCCCCCCCCC(=O)O)c2ccccc21. The predicted octanol–water partition coefficient (Wildman–Crippen LogP) is 6.09. The third-order valence-corrected chi connectivity index (χ3v) is 7.23. The lowest BCUT2D eigenvalue weighted by Gasteiger charge is -2.27. The molecular weight excluding hydrogens is 502 g/mol. The van der Waals surface area contributed by atoms with Crippen LogP contribution in [0.2, 0.25) is 0 Å². The monoisotopic (exact) mass is 537 g/mol. The van der Waals surface area contributed by atoms with E-state index < -0.39 is 38.4 Å². The average Bonchev–Trinajstić information content (AvgIpc) is 3.09. The maximum atomic E-state index is 12.7. The van der Waals surface area contributed by atoms with E-state index in [-0.39, 0.29) is 12.0 Å². The minimum Gasteiger partial charge on any atom is -0.481 e. The molecule has 1 aliphatic heterocycles. The number of fused-ring (bicyclic) bond motifs is 1. The molecule has 0 fully saturated rings. The second kappa shape index (κ2) is 13.1. The molecule has 10 nitrogen and oxygen atoms in total. The van der Waals surface area contributed by atoms with Gasteiger partial charge in [0, 0.05) is 41.4 Å². The smallest absolute Gasteiger partial charge is 0.323 e. The lowest BCUT2D eigenvalue weighted by Crippen LogP contribution is -2.27. The van der Waals surface area contributed by atoms with Gasteiger partial charge in [-0.25, -0.2) is 0 Å². The molecule has 2 aliphatic rings. The van der Waals surface area contributed by atoms with Crippen LogP contribution in [0, 0.1) is 20.2 Å². The molecule has 0 spiro atoms. The third-order valence-electron chi connectivity index (χ3n) is 7.23. The highest BCUT2D eigenvalue weighted by molar-refractivity contribution is 6.10. The van der Waals surface area contributed by atoms with Crippen LogP contribution >= 0.6 is 0 Å². The number of carbonyl (C=O) groups is 2. The van der Waals surface area contributed by atoms with Gasteiger partial charge < -0.3 is 10.0 Å². The molecule has 0 amide bonds. The summed E-state index contributed by atoms with van der Waals surface area (Å²) < 4.78 is 0. The Hall–Kier alpha value is -4.08. The van der Waals surface area contributed by atoms with E-state index in [1.54, 1.807) is 6.08 Å². The number of allylic oxidation sites excluding steroid dienone is 6. The number of para-hydroxylation sites is 1. The zero-order chi connectivity index (χ0) is 28.6. The normalized spacial score (nSPS) is 18.2. The molecule has 39 heavy (non-hydrogen) atoms. The number of nitro groups is 2. The molecule has 1 aliphatic carbocycles. The number of Topliss-reactive ketones (excluding diaryl/α,β-unsaturated/α-hetero) is 1. The van der Waals surface area contributed by atoms with Gasteiger partial charge in [-0.15, -0.1) is 0 Å². The maximum absolute atomic E-state index is 12.7. The molecular formula is C29H35N3O7. The summed E-state index contributed by atoms with van der Waals surface area (Å²) in [6.07, 6.45) is 13.2. The average molecular weight is 538 g/mol. The van der Waals surface area contributed by atoms with Crippen molar-refractivity contribution in [2.24, 2.45) is 0 Å². The quantitative estimate of drug-likeness (QED) is 0.130. The summed E-state index contributed by atoms with van der Waals surface area (Å²) in [5, 5.41) is 31.3. The number of unbranched alkanes of at least 4 members (excludes halogenated alkanes) is 7. The highest BCUT2D eigenvalue weighted by Crippen LogP contribution is 2.47. The minimum atomic E-state index is -0.891. The van der Waals surface area contributed by atoms with Crippen LogP contribution in [0.5, 0.6) is 0 Å². The summed E-state index contributed by atoms with van der Waals surface area (Å²) >= 11 is 0. The van der Waals surface area contributed by atoms with Crippen molar-refractivity contribution >= 4 is 17.4 Å². The predicted molar refractivity (Wildman–Crippen MR) is 147 cm³/mol. The van der Waals surface area contributed by atoms with E-state index in [4.69, 9.17) is 5.11 Å². The number of benzene rings is 1. The van der Waals surface area contributed by atoms with Crippen LogP contribution in [0.3, 0.4) is 0 Å². The van der Waals surface area contributed by atoms with Gasteiger partial charge in [-0.2, -0.15) is 0 Å². The summed E-state index contributed by atoms with van der Waals surface area (Å²) in [6, 6.07) is 8.05. The van der Waals surface area contributed by atoms with E-state index in [9.17, 15) is 29.8 Å². The molecule has 0 saturated heterocycles. The molecule has 1 heterocycles. The highest BCUT2D eigenvalue weighted by Gasteiger charge is 2.39. The van der Waals surface area contributed by atoms with Crippen LogP contribution in [-0.4, -0.2) is 33.3 Å². The summed E-state index contributed by atoms with van der Waals surface area (Å²) in [7, 11) is 0. The van der Waals surface area contributed by atoms with Crippen molar-refractivity contribution < 1.29 is 24.5 Å². The van der Waals surface area contributed by atoms with Gasteiger partial charge in [-0.05, 0) is 36.6 Å². The van der Waals surface area contributed by atoms with Gasteiger partial charge in [0.15, 0.2) is 0 Å². The van der Waals surface area contributed by atoms with Crippen molar-refractivity contribution in [2.75, 3.05) is 11.4 Å². The van der Waals surface area contributed by atoms with E-state index in [2.05, 4.69) is 24.8 Å². The van der Waals surface area contributed by atoms with Gasteiger partial charge in [-0.1, -0.05) is 70.6 Å². The second-order valence-corrected chi connectivity index (χ2v) is 10.4. The zero-order valence-electron chi connectivity index (χ0n) is 22.4. The Labute approximate surface area is 227 Å². The highest BCUT2D eigenvalue weighted by atomic mass is 16.6. The zero-order valence-corrected chi connectivity index (χ0v) is 22.4. The Balaban J connectivity index is 1.72. The lowest BCUT2D eigenvalue weighted by molar-refractivity contribution is -0.431. The van der Waals surface area contributed by atoms with E-state index in [1.165, 1.54) is 6.08 Å². The molecule has 10 heteroatoms. The molecule has 0 aromatic heterocycles. The van der Waals surface area contributed by atoms with Crippen molar-refractivity contribution in [3.05, 3.63) is 97.0 Å². The first-order valence-electron chi connectivity index (χ1n) is 13.3. The Kier molecular flexibility index (Phi) is 9.92. The van der Waals surface area contributed by atoms with Crippen molar-refractivity contribution in [1.82, 2.24) is 0 Å². The largest absolute Gasteiger partial charge is 0.481 e. The molecule has 1 aromatic rings. The lowest BCUT2D eigenvalue weighted by atomic mass is 9.83. The fourth-order valence-electron chi connectivity index (χ4n) is 5.14. The van der Waals surface area contributed by atoms with Gasteiger partial charge >= 0.3 is 11.7 Å². The first-order valence-corrected chi connectivity index (χ1v) is 13.3. The number of carbonyl (C=O) groups excluding carboxylic acids is 1. The van der Waals surface area contributed by atoms with Crippen molar-refractivity contribution in [3.63, 3.8) is 0 Å². The number of ketones is 1. The molecule has 208 valence electrons. The van der Waals surface area contributed by atoms with Crippen molar-refractivity contribution in [3.8, 4) is 0 Å². The Morgan fingerprint density at radius 1 is 0.923 bits per heavy atom. The molecule has 0 unspecified atom stereocenters. The second-order valence-electron chi connectivity index (χ2n) is 10.4. The summed E-state index contributed by atoms with van der Waals surface area (Å²) in [5.74, 6) is -1.60. The molecule has 1 N–H and O–H groups in total. The number of hydrogen-bond donors (Lipinski definition) is 1. The van der Waals surface area contributed by atoms with Crippen LogP contribution in [0.25, 0.3) is 0 Å². The van der Waals surface area contributed by atoms with Crippen LogP contribution in [0.1, 0.15) is 77.2 Å². The summed E-state index contributed by atoms with van der Waals surface area (Å²) in [4.78, 5) is 46.5. The van der Waals surface area contributed by atoms with Gasteiger partial charge in [0.1, 0.15) is 0 Å². The number of carboxylic acid groups (broad SMARTS) is 1. The fourth-order valence-corrected chi connectivity index (χ4v) is 5.14. The number of hydrogen-bond acceptors (Lipinski definition) is 7. The molecule has 0 radical (unpaired) electrons. The first kappa shape index (κ1) is 29.5. The summed E-state index contributed by atoms with van der Waals surface area (Å²) in [6.45, 7) is 4.89. The Bertz CT molecular complexity index is 1260. The molecule has 0 saturated carbocycles. The number of rotatable bonds is 14. The Morgan fingerprint density at radius 2 is 1.54 bits per heavy atom. The van der Waals surface area contributed by atoms with Gasteiger partial charge in [0.05, 0.1) is 15.9 Å². The van der Waals surface area contributed by atoms with E-state index in [0.717, 1.165) is 80.9 Å². The molecule has 0 atom stereocenters. The minimum absolute atomic E-state index is 0.0986. The van der Waals surface area contributed by atoms with E-state index >= 15 is 0 Å². The van der Waals surface area contributed by atoms with Crippen LogP contribution in [0.4, 0.5) is 5.69 Å². The number of aliphatic carboxylic acids is 1. The van der Waals surface area contributed by atoms with Gasteiger partial charge in [0.25, 0.3) is 11.5 Å². The fraction of sp³-hybridized carbons (Fsp3) is 0.448. The molecule has 0 bridgehead atoms. The number of anilines is 1. The van der Waals surface area contributed by atoms with Crippen LogP contribution < -0.4 is 4.90 Å². The van der Waals surface area contributed by atoms with Crippen LogP contribution in [0.15, 0.2) is 71.2 Å². The van der Waals surface area contributed by atoms with Crippen LogP contribution in [-0.2, 0) is 15.0 Å². The number of nitrogens with zero attached hydrogens (tertiary/aromatic N) is 3. The van der Waals surface area contributed by atoms with E-state index in [0.29, 0.717) is 6.08 Å². The molecule has 3 rings (SSSR count). The topological polar surface area (TPSA) is 144 Å². The Morgan fingerprint density at radius 3 is 2.15 bits per heavy atom. The van der Waals surface area contributed by atoms with Crippen molar-refractivity contribution in [1.29, 1.82) is 0 Å². The van der Waals surface area contributed by atoms with E-state index in [1.807, 2.05) is 18.2 Å². The summed E-state index contributed by atoms with van der Waals surface area (Å²) in [5.41, 5.74) is 1.28. The number of carboxylic acids is 1. The third kappa shape index (κ3) is 7.28. The van der Waals surface area contributed by atoms with Gasteiger partial charge in [-0.3, -0.25) is 29.8 Å². The first-order chi connectivity index (χ1) is 18.5. The molecule has 1 aromatic carbocycles. The standard InChI is InChI=1S/C29H35N3O7/c1-29(2)23-13-10-11-14-24(23)30(18-12-8-6-4-3-5-7-9-15-27(33)34)26(29)17-16-21-19-22(31(36)37)20-25(28(21)35)32(38)39/h10-11,13-14,16-17,19-20H,3-9,12,15,18H2,1-2H3,(H,33,34).